The molecule has 0 aliphatic carbocycles. The molecule has 96 valence electrons. The second-order valence-corrected chi connectivity index (χ2v) is 4.81. The SMILES string of the molecule is CN1C(=O)[C@@](CO)(c2ccccc2)c2ccccc21. The fourth-order valence-corrected chi connectivity index (χ4v) is 2.88. The quantitative estimate of drug-likeness (QED) is 0.888. The van der Waals surface area contributed by atoms with Crippen molar-refractivity contribution in [3.8, 4) is 0 Å². The summed E-state index contributed by atoms with van der Waals surface area (Å²) in [5.41, 5.74) is 1.60. The Morgan fingerprint density at radius 3 is 2.37 bits per heavy atom. The predicted octanol–water partition coefficient (Wildman–Crippen LogP) is 1.94. The van der Waals surface area contributed by atoms with E-state index in [2.05, 4.69) is 0 Å². The molecular weight excluding hydrogens is 238 g/mol. The van der Waals surface area contributed by atoms with Crippen LogP contribution in [0.2, 0.25) is 0 Å². The first-order chi connectivity index (χ1) is 9.21. The van der Waals surface area contributed by atoms with Crippen molar-refractivity contribution in [2.75, 3.05) is 18.6 Å². The van der Waals surface area contributed by atoms with E-state index in [1.54, 1.807) is 11.9 Å². The molecule has 0 saturated heterocycles. The van der Waals surface area contributed by atoms with Gasteiger partial charge in [-0.3, -0.25) is 4.79 Å². The number of anilines is 1. The smallest absolute Gasteiger partial charge is 0.244 e. The summed E-state index contributed by atoms with van der Waals surface area (Å²) in [7, 11) is 1.75. The lowest BCUT2D eigenvalue weighted by Gasteiger charge is -2.26. The molecule has 1 aliphatic rings. The molecular formula is C16H15NO2. The van der Waals surface area contributed by atoms with E-state index in [0.717, 1.165) is 16.8 Å². The molecule has 2 aromatic rings. The second-order valence-electron chi connectivity index (χ2n) is 4.81. The van der Waals surface area contributed by atoms with Crippen LogP contribution in [0.5, 0.6) is 0 Å². The highest BCUT2D eigenvalue weighted by molar-refractivity contribution is 6.10. The van der Waals surface area contributed by atoms with Gasteiger partial charge in [0, 0.05) is 12.7 Å². The molecule has 3 nitrogen and oxygen atoms in total. The van der Waals surface area contributed by atoms with Gasteiger partial charge in [-0.15, -0.1) is 0 Å². The monoisotopic (exact) mass is 253 g/mol. The summed E-state index contributed by atoms with van der Waals surface area (Å²) in [4.78, 5) is 14.3. The number of rotatable bonds is 2. The highest BCUT2D eigenvalue weighted by Crippen LogP contribution is 2.44. The Bertz CT molecular complexity index is 624. The summed E-state index contributed by atoms with van der Waals surface area (Å²) in [5.74, 6) is -0.0811. The first kappa shape index (κ1) is 11.9. The third-order valence-electron chi connectivity index (χ3n) is 3.90. The Balaban J connectivity index is 2.30. The summed E-state index contributed by atoms with van der Waals surface area (Å²) in [5, 5.41) is 9.96. The van der Waals surface area contributed by atoms with Gasteiger partial charge in [0.2, 0.25) is 5.91 Å². The zero-order valence-electron chi connectivity index (χ0n) is 10.7. The maximum Gasteiger partial charge on any atom is 0.244 e. The van der Waals surface area contributed by atoms with Gasteiger partial charge in [0.05, 0.1) is 6.61 Å². The van der Waals surface area contributed by atoms with Gasteiger partial charge in [-0.2, -0.15) is 0 Å². The van der Waals surface area contributed by atoms with Gasteiger partial charge in [-0.1, -0.05) is 48.5 Å². The number of likely N-dealkylation sites (N-methyl/N-ethyl adjacent to an activating group) is 1. The van der Waals surface area contributed by atoms with Crippen LogP contribution in [0.15, 0.2) is 54.6 Å². The molecule has 3 rings (SSSR count). The summed E-state index contributed by atoms with van der Waals surface area (Å²) >= 11 is 0. The van der Waals surface area contributed by atoms with E-state index in [0.29, 0.717) is 0 Å². The number of fused-ring (bicyclic) bond motifs is 1. The zero-order valence-corrected chi connectivity index (χ0v) is 10.7. The first-order valence-electron chi connectivity index (χ1n) is 6.26. The molecule has 1 N–H and O–H groups in total. The summed E-state index contributed by atoms with van der Waals surface area (Å²) in [6.45, 7) is -0.225. The summed E-state index contributed by atoms with van der Waals surface area (Å²) in [6.07, 6.45) is 0. The summed E-state index contributed by atoms with van der Waals surface area (Å²) < 4.78 is 0. The minimum Gasteiger partial charge on any atom is -0.395 e. The second kappa shape index (κ2) is 4.21. The number of nitrogens with zero attached hydrogens (tertiary/aromatic N) is 1. The molecule has 0 saturated carbocycles. The van der Waals surface area contributed by atoms with Crippen LogP contribution in [0, 0.1) is 0 Å². The molecule has 0 unspecified atom stereocenters. The molecule has 1 atom stereocenters. The van der Waals surface area contributed by atoms with E-state index < -0.39 is 5.41 Å². The minimum absolute atomic E-state index is 0.0811. The van der Waals surface area contributed by atoms with Crippen LogP contribution in [-0.2, 0) is 10.2 Å². The largest absolute Gasteiger partial charge is 0.395 e. The number of aliphatic hydroxyl groups is 1. The van der Waals surface area contributed by atoms with Crippen molar-refractivity contribution in [1.82, 2.24) is 0 Å². The van der Waals surface area contributed by atoms with E-state index in [4.69, 9.17) is 0 Å². The third-order valence-corrected chi connectivity index (χ3v) is 3.90. The summed E-state index contributed by atoms with van der Waals surface area (Å²) in [6, 6.07) is 17.1. The van der Waals surface area contributed by atoms with E-state index in [-0.39, 0.29) is 12.5 Å². The van der Waals surface area contributed by atoms with Gasteiger partial charge in [-0.05, 0) is 17.2 Å². The molecule has 0 aromatic heterocycles. The lowest BCUT2D eigenvalue weighted by Crippen LogP contribution is -2.42. The lowest BCUT2D eigenvalue weighted by molar-refractivity contribution is -0.122. The van der Waals surface area contributed by atoms with Gasteiger partial charge in [0.15, 0.2) is 0 Å². The fourth-order valence-electron chi connectivity index (χ4n) is 2.88. The van der Waals surface area contributed by atoms with Crippen molar-refractivity contribution < 1.29 is 9.90 Å². The standard InChI is InChI=1S/C16H15NO2/c1-17-14-10-6-5-9-13(14)16(11-18,15(17)19)12-7-3-2-4-8-12/h2-10,18H,11H2,1H3/t16-/m0/s1. The number of amides is 1. The molecule has 0 bridgehead atoms. The molecule has 19 heavy (non-hydrogen) atoms. The topological polar surface area (TPSA) is 40.5 Å². The van der Waals surface area contributed by atoms with Gasteiger partial charge in [0.1, 0.15) is 5.41 Å². The van der Waals surface area contributed by atoms with Gasteiger partial charge in [-0.25, -0.2) is 0 Å². The number of carbonyl (C=O) groups is 1. The number of benzene rings is 2. The fraction of sp³-hybridized carbons (Fsp3) is 0.188. The Hall–Kier alpha value is -2.13. The number of carbonyl (C=O) groups excluding carboxylic acids is 1. The number of hydrogen-bond acceptors (Lipinski definition) is 2. The minimum atomic E-state index is -0.966. The Kier molecular flexibility index (Phi) is 2.64. The van der Waals surface area contributed by atoms with Crippen LogP contribution < -0.4 is 4.90 Å². The van der Waals surface area contributed by atoms with Gasteiger partial charge >= 0.3 is 0 Å². The average molecular weight is 253 g/mol. The normalized spacial score (nSPS) is 21.6. The van der Waals surface area contributed by atoms with Crippen LogP contribution in [0.1, 0.15) is 11.1 Å². The van der Waals surface area contributed by atoms with Crippen LogP contribution >= 0.6 is 0 Å². The third kappa shape index (κ3) is 1.45. The predicted molar refractivity (Wildman–Crippen MR) is 74.2 cm³/mol. The van der Waals surface area contributed by atoms with Crippen molar-refractivity contribution in [2.45, 2.75) is 5.41 Å². The molecule has 1 amide bonds. The van der Waals surface area contributed by atoms with E-state index in [1.165, 1.54) is 0 Å². The van der Waals surface area contributed by atoms with E-state index >= 15 is 0 Å². The zero-order chi connectivity index (χ0) is 13.5. The van der Waals surface area contributed by atoms with E-state index in [1.807, 2.05) is 54.6 Å². The number of para-hydroxylation sites is 1. The molecule has 2 aromatic carbocycles. The molecule has 1 aliphatic heterocycles. The Labute approximate surface area is 112 Å². The molecule has 1 heterocycles. The first-order valence-corrected chi connectivity index (χ1v) is 6.26. The maximum atomic E-state index is 12.7. The van der Waals surface area contributed by atoms with Crippen LogP contribution in [0.25, 0.3) is 0 Å². The maximum absolute atomic E-state index is 12.7. The lowest BCUT2D eigenvalue weighted by atomic mass is 9.76. The highest BCUT2D eigenvalue weighted by Gasteiger charge is 2.50. The number of aliphatic hydroxyl groups excluding tert-OH is 1. The molecule has 0 radical (unpaired) electrons. The van der Waals surface area contributed by atoms with Crippen LogP contribution in [-0.4, -0.2) is 24.7 Å². The molecule has 0 fully saturated rings. The van der Waals surface area contributed by atoms with Crippen LogP contribution in [0.4, 0.5) is 5.69 Å². The number of hydrogen-bond donors (Lipinski definition) is 1. The van der Waals surface area contributed by atoms with Crippen molar-refractivity contribution in [1.29, 1.82) is 0 Å². The van der Waals surface area contributed by atoms with Gasteiger partial charge in [0.25, 0.3) is 0 Å². The van der Waals surface area contributed by atoms with Crippen molar-refractivity contribution >= 4 is 11.6 Å². The van der Waals surface area contributed by atoms with Gasteiger partial charge < -0.3 is 10.0 Å². The van der Waals surface area contributed by atoms with Crippen LogP contribution in [0.3, 0.4) is 0 Å². The Morgan fingerprint density at radius 2 is 1.68 bits per heavy atom. The molecule has 3 heteroatoms. The molecule has 0 spiro atoms. The Morgan fingerprint density at radius 1 is 1.05 bits per heavy atom. The van der Waals surface area contributed by atoms with E-state index in [9.17, 15) is 9.90 Å². The highest BCUT2D eigenvalue weighted by atomic mass is 16.3. The average Bonchev–Trinajstić information content (AvgIpc) is 2.70. The van der Waals surface area contributed by atoms with Crippen molar-refractivity contribution in [3.05, 3.63) is 65.7 Å². The van der Waals surface area contributed by atoms with Crippen molar-refractivity contribution in [3.63, 3.8) is 0 Å². The van der Waals surface area contributed by atoms with Crippen molar-refractivity contribution in [2.24, 2.45) is 0 Å².